The zero-order chi connectivity index (χ0) is 11.4. The summed E-state index contributed by atoms with van der Waals surface area (Å²) in [6.07, 6.45) is 1.57. The number of rotatable bonds is 2. The minimum Gasteiger partial charge on any atom is -0.411 e. The van der Waals surface area contributed by atoms with Gasteiger partial charge in [0, 0.05) is 31.3 Å². The van der Waals surface area contributed by atoms with Crippen molar-refractivity contribution in [3.63, 3.8) is 0 Å². The molecule has 86 valence electrons. The van der Waals surface area contributed by atoms with Crippen molar-refractivity contribution in [2.45, 2.75) is 33.6 Å². The molecule has 4 heteroatoms. The lowest BCUT2D eigenvalue weighted by Crippen LogP contribution is -2.45. The Morgan fingerprint density at radius 1 is 1.73 bits per heavy atom. The average molecular weight is 212 g/mol. The molecule has 1 amide bonds. The van der Waals surface area contributed by atoms with E-state index in [9.17, 15) is 4.79 Å². The molecule has 0 aliphatic carbocycles. The molecule has 2 atom stereocenters. The molecule has 1 saturated heterocycles. The maximum Gasteiger partial charge on any atom is 0.225 e. The number of carbonyl (C=O) groups is 1. The molecule has 0 bridgehead atoms. The van der Waals surface area contributed by atoms with Crippen LogP contribution in [0.15, 0.2) is 5.16 Å². The van der Waals surface area contributed by atoms with Gasteiger partial charge in [0.25, 0.3) is 0 Å². The van der Waals surface area contributed by atoms with Crippen molar-refractivity contribution in [3.05, 3.63) is 0 Å². The predicted molar refractivity (Wildman–Crippen MR) is 59.0 cm³/mol. The third-order valence-electron chi connectivity index (χ3n) is 3.18. The summed E-state index contributed by atoms with van der Waals surface area (Å²) in [5.74, 6) is 0.503. The fourth-order valence-corrected chi connectivity index (χ4v) is 1.86. The Morgan fingerprint density at radius 2 is 2.40 bits per heavy atom. The summed E-state index contributed by atoms with van der Waals surface area (Å²) < 4.78 is 0. The van der Waals surface area contributed by atoms with Gasteiger partial charge in [-0.05, 0) is 6.42 Å². The summed E-state index contributed by atoms with van der Waals surface area (Å²) in [7, 11) is 0. The van der Waals surface area contributed by atoms with E-state index in [-0.39, 0.29) is 17.7 Å². The lowest BCUT2D eigenvalue weighted by Gasteiger charge is -2.33. The molecule has 0 aromatic rings. The van der Waals surface area contributed by atoms with E-state index in [2.05, 4.69) is 5.16 Å². The quantitative estimate of drug-likeness (QED) is 0.560. The summed E-state index contributed by atoms with van der Waals surface area (Å²) in [5, 5.41) is 12.0. The summed E-state index contributed by atoms with van der Waals surface area (Å²) in [6, 6.07) is 0. The normalized spacial score (nSPS) is 26.7. The first-order chi connectivity index (χ1) is 7.10. The van der Waals surface area contributed by atoms with Gasteiger partial charge in [0.05, 0.1) is 5.71 Å². The molecular weight excluding hydrogens is 192 g/mol. The fourth-order valence-electron chi connectivity index (χ4n) is 1.86. The van der Waals surface area contributed by atoms with Crippen LogP contribution in [0.25, 0.3) is 0 Å². The van der Waals surface area contributed by atoms with Crippen LogP contribution < -0.4 is 0 Å². The average Bonchev–Trinajstić information content (AvgIpc) is 2.26. The van der Waals surface area contributed by atoms with Gasteiger partial charge in [0.2, 0.25) is 5.91 Å². The Bertz CT molecular complexity index is 263. The van der Waals surface area contributed by atoms with E-state index >= 15 is 0 Å². The van der Waals surface area contributed by atoms with E-state index in [0.717, 1.165) is 12.1 Å². The Balaban J connectivity index is 2.58. The van der Waals surface area contributed by atoms with Crippen molar-refractivity contribution in [1.82, 2.24) is 4.90 Å². The van der Waals surface area contributed by atoms with Crippen LogP contribution in [-0.4, -0.2) is 34.8 Å². The number of hydrogen-bond acceptors (Lipinski definition) is 3. The highest BCUT2D eigenvalue weighted by Gasteiger charge is 2.27. The molecular formula is C11H20N2O2. The van der Waals surface area contributed by atoms with E-state index in [1.807, 2.05) is 25.7 Å². The van der Waals surface area contributed by atoms with Gasteiger partial charge in [-0.3, -0.25) is 4.79 Å². The number of amides is 1. The number of hydrogen-bond donors (Lipinski definition) is 1. The molecule has 1 heterocycles. The van der Waals surface area contributed by atoms with Gasteiger partial charge >= 0.3 is 0 Å². The van der Waals surface area contributed by atoms with Gasteiger partial charge in [-0.25, -0.2) is 0 Å². The van der Waals surface area contributed by atoms with Crippen LogP contribution in [0.3, 0.4) is 0 Å². The highest BCUT2D eigenvalue weighted by atomic mass is 16.4. The fraction of sp³-hybridized carbons (Fsp3) is 0.818. The highest BCUT2D eigenvalue weighted by Crippen LogP contribution is 2.17. The zero-order valence-corrected chi connectivity index (χ0v) is 9.73. The van der Waals surface area contributed by atoms with Crippen molar-refractivity contribution >= 4 is 11.6 Å². The van der Waals surface area contributed by atoms with Crippen molar-refractivity contribution in [3.8, 4) is 0 Å². The van der Waals surface area contributed by atoms with E-state index in [0.29, 0.717) is 19.5 Å². The van der Waals surface area contributed by atoms with Gasteiger partial charge in [0.15, 0.2) is 0 Å². The number of piperidine rings is 1. The monoisotopic (exact) mass is 212 g/mol. The third-order valence-corrected chi connectivity index (χ3v) is 3.18. The molecule has 4 nitrogen and oxygen atoms in total. The molecule has 1 rings (SSSR count). The molecule has 1 N–H and O–H groups in total. The molecule has 0 aromatic carbocycles. The summed E-state index contributed by atoms with van der Waals surface area (Å²) >= 11 is 0. The van der Waals surface area contributed by atoms with Crippen LogP contribution in [-0.2, 0) is 4.79 Å². The van der Waals surface area contributed by atoms with E-state index in [4.69, 9.17) is 5.21 Å². The molecule has 0 spiro atoms. The summed E-state index contributed by atoms with van der Waals surface area (Å²) in [5.41, 5.74) is 0.809. The number of nitrogens with zero attached hydrogens (tertiary/aromatic N) is 2. The first-order valence-corrected chi connectivity index (χ1v) is 5.59. The van der Waals surface area contributed by atoms with E-state index in [1.54, 1.807) is 0 Å². The Labute approximate surface area is 90.9 Å². The van der Waals surface area contributed by atoms with Gasteiger partial charge in [-0.15, -0.1) is 0 Å². The molecule has 15 heavy (non-hydrogen) atoms. The lowest BCUT2D eigenvalue weighted by atomic mass is 9.96. The lowest BCUT2D eigenvalue weighted by molar-refractivity contribution is -0.135. The van der Waals surface area contributed by atoms with Crippen molar-refractivity contribution in [2.24, 2.45) is 17.0 Å². The molecule has 0 saturated carbocycles. The maximum absolute atomic E-state index is 11.9. The molecule has 2 unspecified atom stereocenters. The molecule has 0 aromatic heterocycles. The van der Waals surface area contributed by atoms with Crippen molar-refractivity contribution < 1.29 is 10.0 Å². The van der Waals surface area contributed by atoms with Crippen molar-refractivity contribution in [2.75, 3.05) is 13.1 Å². The summed E-state index contributed by atoms with van der Waals surface area (Å²) in [6.45, 7) is 7.35. The minimum absolute atomic E-state index is 0.102. The molecule has 1 aliphatic rings. The third kappa shape index (κ3) is 2.70. The zero-order valence-electron chi connectivity index (χ0n) is 9.73. The first kappa shape index (κ1) is 12.0. The highest BCUT2D eigenvalue weighted by molar-refractivity contribution is 5.89. The van der Waals surface area contributed by atoms with Crippen LogP contribution in [0.2, 0.25) is 0 Å². The van der Waals surface area contributed by atoms with E-state index in [1.165, 1.54) is 0 Å². The van der Waals surface area contributed by atoms with Crippen LogP contribution in [0.4, 0.5) is 0 Å². The summed E-state index contributed by atoms with van der Waals surface area (Å²) in [4.78, 5) is 13.8. The van der Waals surface area contributed by atoms with Crippen LogP contribution >= 0.6 is 0 Å². The number of carbonyl (C=O) groups excluding carboxylic acids is 1. The second-order valence-electron chi connectivity index (χ2n) is 4.34. The Hall–Kier alpha value is -1.06. The molecule has 0 radical (unpaired) electrons. The largest absolute Gasteiger partial charge is 0.411 e. The molecule has 1 aliphatic heterocycles. The van der Waals surface area contributed by atoms with Crippen LogP contribution in [0.1, 0.15) is 33.6 Å². The predicted octanol–water partition coefficient (Wildman–Crippen LogP) is 1.73. The maximum atomic E-state index is 11.9. The van der Waals surface area contributed by atoms with Gasteiger partial charge in [-0.2, -0.15) is 0 Å². The van der Waals surface area contributed by atoms with Gasteiger partial charge in [0.1, 0.15) is 0 Å². The van der Waals surface area contributed by atoms with Gasteiger partial charge in [-0.1, -0.05) is 25.9 Å². The SMILES string of the molecule is CCC(C)C(=O)N1CCC(=NO)C(C)C1. The molecule has 1 fully saturated rings. The van der Waals surface area contributed by atoms with Crippen LogP contribution in [0, 0.1) is 11.8 Å². The minimum atomic E-state index is 0.102. The number of oxime groups is 1. The second-order valence-corrected chi connectivity index (χ2v) is 4.34. The van der Waals surface area contributed by atoms with E-state index < -0.39 is 0 Å². The Kier molecular flexibility index (Phi) is 4.12. The number of likely N-dealkylation sites (tertiary alicyclic amines) is 1. The standard InChI is InChI=1S/C11H20N2O2/c1-4-8(2)11(14)13-6-5-10(12-15)9(3)7-13/h8-9,15H,4-7H2,1-3H3. The Morgan fingerprint density at radius 3 is 2.87 bits per heavy atom. The topological polar surface area (TPSA) is 52.9 Å². The smallest absolute Gasteiger partial charge is 0.225 e. The van der Waals surface area contributed by atoms with Crippen molar-refractivity contribution in [1.29, 1.82) is 0 Å². The first-order valence-electron chi connectivity index (χ1n) is 5.59. The van der Waals surface area contributed by atoms with Crippen LogP contribution in [0.5, 0.6) is 0 Å². The van der Waals surface area contributed by atoms with Gasteiger partial charge < -0.3 is 10.1 Å². The second kappa shape index (κ2) is 5.14.